The number of fused-ring (bicyclic) bond motifs is 1. The first-order valence-electron chi connectivity index (χ1n) is 5.62. The van der Waals surface area contributed by atoms with Crippen LogP contribution in [-0.4, -0.2) is 26.8 Å². The van der Waals surface area contributed by atoms with Crippen LogP contribution in [0.3, 0.4) is 0 Å². The molecule has 2 aromatic rings. The van der Waals surface area contributed by atoms with Crippen molar-refractivity contribution in [2.24, 2.45) is 14.1 Å². The Kier molecular flexibility index (Phi) is 3.10. The summed E-state index contributed by atoms with van der Waals surface area (Å²) in [7, 11) is 3.44. The number of aromatic nitrogens is 2. The molecular formula is C12H15N3O3. The highest BCUT2D eigenvalue weighted by molar-refractivity contribution is 5.80. The zero-order chi connectivity index (χ0) is 13.3. The number of carboxylic acid groups (broad SMARTS) is 1. The predicted octanol–water partition coefficient (Wildman–Crippen LogP) is 0.764. The van der Waals surface area contributed by atoms with Gasteiger partial charge >= 0.3 is 11.7 Å². The fourth-order valence-corrected chi connectivity index (χ4v) is 1.93. The number of rotatable bonds is 4. The molecule has 0 amide bonds. The highest BCUT2D eigenvalue weighted by Gasteiger charge is 2.07. The summed E-state index contributed by atoms with van der Waals surface area (Å²) in [5.74, 6) is -0.837. The van der Waals surface area contributed by atoms with Gasteiger partial charge in [-0.2, -0.15) is 0 Å². The van der Waals surface area contributed by atoms with Crippen LogP contribution in [0.25, 0.3) is 11.0 Å². The molecule has 0 radical (unpaired) electrons. The molecule has 1 aromatic heterocycles. The third-order valence-corrected chi connectivity index (χ3v) is 2.94. The molecule has 18 heavy (non-hydrogen) atoms. The molecule has 96 valence electrons. The van der Waals surface area contributed by atoms with Crippen LogP contribution in [0.2, 0.25) is 0 Å². The number of nitrogens with zero attached hydrogens (tertiary/aromatic N) is 2. The van der Waals surface area contributed by atoms with Gasteiger partial charge in [-0.25, -0.2) is 4.79 Å². The maximum absolute atomic E-state index is 11.7. The zero-order valence-electron chi connectivity index (χ0n) is 10.3. The monoisotopic (exact) mass is 249 g/mol. The number of aryl methyl sites for hydroxylation is 2. The maximum atomic E-state index is 11.7. The van der Waals surface area contributed by atoms with Crippen LogP contribution in [0.5, 0.6) is 0 Å². The van der Waals surface area contributed by atoms with Crippen LogP contribution in [0, 0.1) is 0 Å². The van der Waals surface area contributed by atoms with Gasteiger partial charge in [0.2, 0.25) is 0 Å². The van der Waals surface area contributed by atoms with Crippen molar-refractivity contribution in [1.82, 2.24) is 9.13 Å². The third-order valence-electron chi connectivity index (χ3n) is 2.94. The summed E-state index contributed by atoms with van der Waals surface area (Å²) in [5.41, 5.74) is 2.41. The molecule has 0 saturated heterocycles. The first-order chi connectivity index (χ1) is 8.50. The maximum Gasteiger partial charge on any atom is 0.328 e. The molecule has 0 aliphatic carbocycles. The molecule has 0 saturated carbocycles. The van der Waals surface area contributed by atoms with E-state index in [4.69, 9.17) is 5.11 Å². The van der Waals surface area contributed by atoms with Crippen molar-refractivity contribution in [2.45, 2.75) is 6.42 Å². The largest absolute Gasteiger partial charge is 0.481 e. The Morgan fingerprint density at radius 3 is 2.61 bits per heavy atom. The number of nitrogens with one attached hydrogen (secondary N) is 1. The second-order valence-corrected chi connectivity index (χ2v) is 4.17. The molecule has 1 heterocycles. The molecule has 6 nitrogen and oxygen atoms in total. The molecule has 0 aliphatic heterocycles. The van der Waals surface area contributed by atoms with Crippen LogP contribution in [0.4, 0.5) is 5.69 Å². The Hall–Kier alpha value is -2.24. The number of carbonyl (C=O) groups is 1. The number of benzene rings is 1. The van der Waals surface area contributed by atoms with Gasteiger partial charge < -0.3 is 10.4 Å². The summed E-state index contributed by atoms with van der Waals surface area (Å²) >= 11 is 0. The van der Waals surface area contributed by atoms with E-state index >= 15 is 0 Å². The topological polar surface area (TPSA) is 76.3 Å². The molecule has 0 atom stereocenters. The molecule has 1 aromatic carbocycles. The average Bonchev–Trinajstić information content (AvgIpc) is 2.54. The van der Waals surface area contributed by atoms with E-state index in [0.29, 0.717) is 6.54 Å². The predicted molar refractivity (Wildman–Crippen MR) is 68.9 cm³/mol. The van der Waals surface area contributed by atoms with E-state index in [9.17, 15) is 9.59 Å². The Morgan fingerprint density at radius 1 is 1.28 bits per heavy atom. The highest BCUT2D eigenvalue weighted by atomic mass is 16.4. The van der Waals surface area contributed by atoms with Crippen LogP contribution in [-0.2, 0) is 18.9 Å². The Bertz CT molecular complexity index is 654. The Morgan fingerprint density at radius 2 is 1.94 bits per heavy atom. The highest BCUT2D eigenvalue weighted by Crippen LogP contribution is 2.17. The van der Waals surface area contributed by atoms with E-state index in [1.54, 1.807) is 23.2 Å². The minimum atomic E-state index is -0.837. The van der Waals surface area contributed by atoms with Crippen molar-refractivity contribution in [3.63, 3.8) is 0 Å². The van der Waals surface area contributed by atoms with E-state index in [1.165, 1.54) is 0 Å². The number of hydrogen-bond donors (Lipinski definition) is 2. The van der Waals surface area contributed by atoms with Crippen molar-refractivity contribution in [3.8, 4) is 0 Å². The van der Waals surface area contributed by atoms with Gasteiger partial charge in [0.1, 0.15) is 0 Å². The van der Waals surface area contributed by atoms with Gasteiger partial charge in [0.15, 0.2) is 0 Å². The molecule has 2 N–H and O–H groups in total. The molecular weight excluding hydrogens is 234 g/mol. The number of aliphatic carboxylic acids is 1. The first kappa shape index (κ1) is 12.2. The van der Waals surface area contributed by atoms with Crippen molar-refractivity contribution in [1.29, 1.82) is 0 Å². The minimum absolute atomic E-state index is 0.0613. The molecule has 6 heteroatoms. The van der Waals surface area contributed by atoms with Crippen molar-refractivity contribution < 1.29 is 9.90 Å². The van der Waals surface area contributed by atoms with Crippen molar-refractivity contribution in [2.75, 3.05) is 11.9 Å². The standard InChI is InChI=1S/C12H15N3O3/c1-14-9-4-3-8(13-6-5-11(16)17)7-10(9)15(2)12(14)18/h3-4,7,13H,5-6H2,1-2H3,(H,16,17). The zero-order valence-corrected chi connectivity index (χ0v) is 10.3. The summed E-state index contributed by atoms with van der Waals surface area (Å²) in [4.78, 5) is 22.1. The summed E-state index contributed by atoms with van der Waals surface area (Å²) in [6.45, 7) is 0.363. The van der Waals surface area contributed by atoms with E-state index in [2.05, 4.69) is 5.32 Å². The van der Waals surface area contributed by atoms with Crippen LogP contribution in [0.15, 0.2) is 23.0 Å². The lowest BCUT2D eigenvalue weighted by atomic mass is 10.2. The van der Waals surface area contributed by atoms with Gasteiger partial charge in [-0.1, -0.05) is 0 Å². The van der Waals surface area contributed by atoms with Crippen molar-refractivity contribution >= 4 is 22.7 Å². The fourth-order valence-electron chi connectivity index (χ4n) is 1.93. The normalized spacial score (nSPS) is 10.8. The molecule has 0 fully saturated rings. The second-order valence-electron chi connectivity index (χ2n) is 4.17. The van der Waals surface area contributed by atoms with Gasteiger partial charge in [-0.15, -0.1) is 0 Å². The van der Waals surface area contributed by atoms with Gasteiger partial charge in [-0.05, 0) is 18.2 Å². The quantitative estimate of drug-likeness (QED) is 0.839. The SMILES string of the molecule is Cn1c(=O)n(C)c2cc(NCCC(=O)O)ccc21. The number of anilines is 1. The van der Waals surface area contributed by atoms with E-state index in [1.807, 2.05) is 18.2 Å². The molecule has 0 spiro atoms. The van der Waals surface area contributed by atoms with E-state index < -0.39 is 5.97 Å². The van der Waals surface area contributed by atoms with Crippen LogP contribution >= 0.6 is 0 Å². The summed E-state index contributed by atoms with van der Waals surface area (Å²) < 4.78 is 3.15. The van der Waals surface area contributed by atoms with E-state index in [0.717, 1.165) is 16.7 Å². The fraction of sp³-hybridized carbons (Fsp3) is 0.333. The number of hydrogen-bond acceptors (Lipinski definition) is 3. The third kappa shape index (κ3) is 2.09. The van der Waals surface area contributed by atoms with Gasteiger partial charge in [-0.3, -0.25) is 13.9 Å². The number of carboxylic acids is 1. The number of imidazole rings is 1. The Balaban J connectivity index is 2.30. The molecule has 0 unspecified atom stereocenters. The van der Waals surface area contributed by atoms with E-state index in [-0.39, 0.29) is 12.1 Å². The minimum Gasteiger partial charge on any atom is -0.481 e. The lowest BCUT2D eigenvalue weighted by Crippen LogP contribution is -2.19. The summed E-state index contributed by atoms with van der Waals surface area (Å²) in [5, 5.41) is 11.6. The molecule has 0 aliphatic rings. The second kappa shape index (κ2) is 4.56. The first-order valence-corrected chi connectivity index (χ1v) is 5.62. The Labute approximate surface area is 103 Å². The summed E-state index contributed by atoms with van der Waals surface area (Å²) in [6.07, 6.45) is 0.0613. The molecule has 0 bridgehead atoms. The smallest absolute Gasteiger partial charge is 0.328 e. The van der Waals surface area contributed by atoms with Crippen molar-refractivity contribution in [3.05, 3.63) is 28.7 Å². The van der Waals surface area contributed by atoms with Crippen LogP contribution in [0.1, 0.15) is 6.42 Å². The average molecular weight is 249 g/mol. The summed E-state index contributed by atoms with van der Waals surface area (Å²) in [6, 6.07) is 5.53. The van der Waals surface area contributed by atoms with Gasteiger partial charge in [0.25, 0.3) is 0 Å². The lowest BCUT2D eigenvalue weighted by molar-refractivity contribution is -0.136. The van der Waals surface area contributed by atoms with Gasteiger partial charge in [0, 0.05) is 26.3 Å². The lowest BCUT2D eigenvalue weighted by Gasteiger charge is -2.05. The van der Waals surface area contributed by atoms with Crippen LogP contribution < -0.4 is 11.0 Å². The molecule has 2 rings (SSSR count). The van der Waals surface area contributed by atoms with Gasteiger partial charge in [0.05, 0.1) is 17.5 Å².